The molecule has 0 radical (unpaired) electrons. The quantitative estimate of drug-likeness (QED) is 0.405. The number of amides is 1. The molecule has 3 rings (SSSR count). The number of rotatable bonds is 4. The summed E-state index contributed by atoms with van der Waals surface area (Å²) in [6.07, 6.45) is 6.23. The molecule has 0 bridgehead atoms. The molecule has 1 saturated heterocycles. The maximum Gasteiger partial charge on any atom is 0.246 e. The molecule has 0 aliphatic carbocycles. The van der Waals surface area contributed by atoms with E-state index in [2.05, 4.69) is 20.4 Å². The number of anilines is 1. The molecule has 3 heterocycles. The maximum absolute atomic E-state index is 12.5. The standard InChI is InChI=1S/C15H21N7OS.HI/c1-16-15(18-4-3-13-17-5-8-24-13)21-6-7-22(14(23)11-21)12-9-19-20(2)10-12;/h5,8-10H,3-4,6-7,11H2,1-2H3,(H,16,18);1H. The van der Waals surface area contributed by atoms with Crippen LogP contribution in [0, 0.1) is 0 Å². The smallest absolute Gasteiger partial charge is 0.246 e. The van der Waals surface area contributed by atoms with Crippen LogP contribution in [0.4, 0.5) is 5.69 Å². The summed E-state index contributed by atoms with van der Waals surface area (Å²) in [5.74, 6) is 0.808. The first-order valence-corrected chi connectivity index (χ1v) is 8.68. The first kappa shape index (κ1) is 19.6. The van der Waals surface area contributed by atoms with Crippen LogP contribution in [0.1, 0.15) is 5.01 Å². The zero-order valence-electron chi connectivity index (χ0n) is 14.3. The number of hydrogen-bond donors (Lipinski definition) is 1. The Morgan fingerprint density at radius 3 is 2.88 bits per heavy atom. The number of piperazine rings is 1. The molecule has 0 atom stereocenters. The minimum Gasteiger partial charge on any atom is -0.356 e. The topological polar surface area (TPSA) is 78.7 Å². The molecular weight excluding hydrogens is 453 g/mol. The number of thiazole rings is 1. The molecule has 0 spiro atoms. The lowest BCUT2D eigenvalue weighted by Gasteiger charge is -2.35. The van der Waals surface area contributed by atoms with E-state index in [0.29, 0.717) is 13.1 Å². The fraction of sp³-hybridized carbons (Fsp3) is 0.467. The molecular formula is C15H22IN7OS. The number of carbonyl (C=O) groups is 1. The zero-order valence-corrected chi connectivity index (χ0v) is 17.4. The van der Waals surface area contributed by atoms with Gasteiger partial charge in [0.05, 0.1) is 16.9 Å². The Labute approximate surface area is 168 Å². The minimum atomic E-state index is 0. The Kier molecular flexibility index (Phi) is 7.17. The number of carbonyl (C=O) groups excluding carboxylic acids is 1. The predicted octanol–water partition coefficient (Wildman–Crippen LogP) is 0.961. The summed E-state index contributed by atoms with van der Waals surface area (Å²) in [5, 5.41) is 10.5. The first-order valence-electron chi connectivity index (χ1n) is 7.80. The van der Waals surface area contributed by atoms with E-state index in [1.54, 1.807) is 34.2 Å². The lowest BCUT2D eigenvalue weighted by atomic mass is 10.3. The number of aromatic nitrogens is 3. The molecule has 25 heavy (non-hydrogen) atoms. The first-order chi connectivity index (χ1) is 11.7. The molecule has 1 aliphatic rings. The number of hydrogen-bond acceptors (Lipinski definition) is 5. The fourth-order valence-corrected chi connectivity index (χ4v) is 3.29. The summed E-state index contributed by atoms with van der Waals surface area (Å²) in [6, 6.07) is 0. The van der Waals surface area contributed by atoms with Crippen molar-refractivity contribution in [1.29, 1.82) is 0 Å². The van der Waals surface area contributed by atoms with Crippen molar-refractivity contribution in [2.45, 2.75) is 6.42 Å². The van der Waals surface area contributed by atoms with Gasteiger partial charge in [0, 0.05) is 57.9 Å². The molecule has 1 amide bonds. The van der Waals surface area contributed by atoms with Crippen LogP contribution in [-0.2, 0) is 18.3 Å². The van der Waals surface area contributed by atoms with Crippen LogP contribution in [0.2, 0.25) is 0 Å². The normalized spacial score (nSPS) is 15.3. The zero-order chi connectivity index (χ0) is 16.9. The monoisotopic (exact) mass is 475 g/mol. The molecule has 1 aliphatic heterocycles. The highest BCUT2D eigenvalue weighted by molar-refractivity contribution is 14.0. The van der Waals surface area contributed by atoms with E-state index in [1.807, 2.05) is 29.7 Å². The highest BCUT2D eigenvalue weighted by atomic mass is 127. The van der Waals surface area contributed by atoms with Crippen LogP contribution in [-0.4, -0.2) is 64.8 Å². The van der Waals surface area contributed by atoms with Gasteiger partial charge in [-0.1, -0.05) is 0 Å². The largest absolute Gasteiger partial charge is 0.356 e. The molecule has 2 aromatic rings. The number of nitrogens with zero attached hydrogens (tertiary/aromatic N) is 6. The van der Waals surface area contributed by atoms with Gasteiger partial charge in [0.1, 0.15) is 6.54 Å². The molecule has 8 nitrogen and oxygen atoms in total. The van der Waals surface area contributed by atoms with Crippen molar-refractivity contribution in [3.63, 3.8) is 0 Å². The van der Waals surface area contributed by atoms with Gasteiger partial charge in [-0.2, -0.15) is 5.10 Å². The second kappa shape index (κ2) is 9.13. The fourth-order valence-electron chi connectivity index (χ4n) is 2.66. The summed E-state index contributed by atoms with van der Waals surface area (Å²) in [5.41, 5.74) is 0.842. The molecule has 10 heteroatoms. The summed E-state index contributed by atoms with van der Waals surface area (Å²) in [7, 11) is 3.59. The van der Waals surface area contributed by atoms with Crippen LogP contribution in [0.3, 0.4) is 0 Å². The number of halogens is 1. The average Bonchev–Trinajstić information content (AvgIpc) is 3.23. The van der Waals surface area contributed by atoms with E-state index < -0.39 is 0 Å². The van der Waals surface area contributed by atoms with E-state index in [1.165, 1.54) is 0 Å². The summed E-state index contributed by atoms with van der Waals surface area (Å²) in [4.78, 5) is 24.8. The van der Waals surface area contributed by atoms with Gasteiger partial charge in [-0.15, -0.1) is 35.3 Å². The lowest BCUT2D eigenvalue weighted by molar-refractivity contribution is -0.120. The second-order valence-corrected chi connectivity index (χ2v) is 6.47. The predicted molar refractivity (Wildman–Crippen MR) is 110 cm³/mol. The van der Waals surface area contributed by atoms with Crippen molar-refractivity contribution in [1.82, 2.24) is 25.0 Å². The van der Waals surface area contributed by atoms with Crippen LogP contribution in [0.15, 0.2) is 29.0 Å². The minimum absolute atomic E-state index is 0. The third kappa shape index (κ3) is 4.91. The van der Waals surface area contributed by atoms with Crippen molar-refractivity contribution in [3.05, 3.63) is 29.0 Å². The Bertz CT molecular complexity index is 715. The van der Waals surface area contributed by atoms with E-state index in [0.717, 1.165) is 36.2 Å². The Hall–Kier alpha value is -1.69. The van der Waals surface area contributed by atoms with E-state index in [-0.39, 0.29) is 29.9 Å². The van der Waals surface area contributed by atoms with Crippen LogP contribution >= 0.6 is 35.3 Å². The molecule has 0 unspecified atom stereocenters. The van der Waals surface area contributed by atoms with Gasteiger partial charge in [-0.05, 0) is 0 Å². The number of aliphatic imine (C=N–C) groups is 1. The van der Waals surface area contributed by atoms with E-state index >= 15 is 0 Å². The van der Waals surface area contributed by atoms with Crippen molar-refractivity contribution < 1.29 is 4.79 Å². The second-order valence-electron chi connectivity index (χ2n) is 5.49. The Morgan fingerprint density at radius 2 is 2.28 bits per heavy atom. The highest BCUT2D eigenvalue weighted by Gasteiger charge is 2.27. The third-order valence-corrected chi connectivity index (χ3v) is 4.68. The van der Waals surface area contributed by atoms with Crippen LogP contribution in [0.5, 0.6) is 0 Å². The van der Waals surface area contributed by atoms with Crippen molar-refractivity contribution in [2.75, 3.05) is 38.1 Å². The average molecular weight is 475 g/mol. The molecule has 0 aromatic carbocycles. The van der Waals surface area contributed by atoms with Crippen molar-refractivity contribution >= 4 is 52.9 Å². The van der Waals surface area contributed by atoms with Crippen LogP contribution < -0.4 is 10.2 Å². The van der Waals surface area contributed by atoms with Crippen molar-refractivity contribution in [2.24, 2.45) is 12.0 Å². The lowest BCUT2D eigenvalue weighted by Crippen LogP contribution is -2.55. The van der Waals surface area contributed by atoms with Gasteiger partial charge in [-0.3, -0.25) is 14.5 Å². The van der Waals surface area contributed by atoms with Gasteiger partial charge in [0.2, 0.25) is 5.91 Å². The number of aryl methyl sites for hydroxylation is 1. The molecule has 1 fully saturated rings. The SMILES string of the molecule is CN=C(NCCc1nccs1)N1CCN(c2cnn(C)c2)C(=O)C1.I. The van der Waals surface area contributed by atoms with Gasteiger partial charge < -0.3 is 15.1 Å². The van der Waals surface area contributed by atoms with Gasteiger partial charge in [0.25, 0.3) is 0 Å². The Balaban J connectivity index is 0.00000225. The molecule has 136 valence electrons. The van der Waals surface area contributed by atoms with E-state index in [4.69, 9.17) is 0 Å². The summed E-state index contributed by atoms with van der Waals surface area (Å²) >= 11 is 1.64. The highest BCUT2D eigenvalue weighted by Crippen LogP contribution is 2.16. The number of nitrogens with one attached hydrogen (secondary N) is 1. The summed E-state index contributed by atoms with van der Waals surface area (Å²) in [6.45, 7) is 2.41. The molecule has 0 saturated carbocycles. The molecule has 2 aromatic heterocycles. The number of guanidine groups is 1. The van der Waals surface area contributed by atoms with Crippen molar-refractivity contribution in [3.8, 4) is 0 Å². The third-order valence-electron chi connectivity index (χ3n) is 3.84. The summed E-state index contributed by atoms with van der Waals surface area (Å²) < 4.78 is 1.70. The van der Waals surface area contributed by atoms with Gasteiger partial charge in [0.15, 0.2) is 5.96 Å². The van der Waals surface area contributed by atoms with Crippen LogP contribution in [0.25, 0.3) is 0 Å². The molecule has 1 N–H and O–H groups in total. The Morgan fingerprint density at radius 1 is 1.44 bits per heavy atom. The maximum atomic E-state index is 12.5. The van der Waals surface area contributed by atoms with E-state index in [9.17, 15) is 4.79 Å². The van der Waals surface area contributed by atoms with Gasteiger partial charge >= 0.3 is 0 Å². The van der Waals surface area contributed by atoms with Gasteiger partial charge in [-0.25, -0.2) is 4.98 Å².